The van der Waals surface area contributed by atoms with Crippen LogP contribution in [0, 0.1) is 13.7 Å². The zero-order valence-electron chi connectivity index (χ0n) is 10.6. The van der Waals surface area contributed by atoms with E-state index < -0.39 is 4.92 Å². The Morgan fingerprint density at radius 3 is 2.75 bits per heavy atom. The Hall–Kier alpha value is -1.96. The molecule has 0 atom stereocenters. The summed E-state index contributed by atoms with van der Waals surface area (Å²) in [6.07, 6.45) is 5.12. The van der Waals surface area contributed by atoms with Gasteiger partial charge in [-0.3, -0.25) is 10.1 Å². The van der Waals surface area contributed by atoms with Crippen LogP contribution < -0.4 is 4.74 Å². The first-order valence-electron chi connectivity index (χ1n) is 5.73. The van der Waals surface area contributed by atoms with Crippen LogP contribution in [0.5, 0.6) is 5.88 Å². The quantitative estimate of drug-likeness (QED) is 0.459. The molecule has 1 aromatic heterocycles. The minimum absolute atomic E-state index is 0.0709. The lowest BCUT2D eigenvalue weighted by Gasteiger charge is -2.05. The Bertz CT molecular complexity index is 671. The maximum absolute atomic E-state index is 11.0. The topological polar surface area (TPSA) is 65.3 Å². The number of hydrogen-bond donors (Lipinski definition) is 0. The molecule has 1 heterocycles. The Morgan fingerprint density at radius 2 is 2.05 bits per heavy atom. The van der Waals surface area contributed by atoms with Crippen LogP contribution in [0.2, 0.25) is 0 Å². The van der Waals surface area contributed by atoms with Crippen molar-refractivity contribution in [1.29, 1.82) is 0 Å². The van der Waals surface area contributed by atoms with Crippen LogP contribution in [0.1, 0.15) is 11.1 Å². The average molecular weight is 382 g/mol. The zero-order valence-corrected chi connectivity index (χ0v) is 12.8. The highest BCUT2D eigenvalue weighted by Crippen LogP contribution is 2.25. The molecule has 20 heavy (non-hydrogen) atoms. The SMILES string of the molecule is COc1nccc(I)c1C=Cc1ccccc1[N+](=O)[O-]. The molecule has 0 radical (unpaired) electrons. The second-order valence-electron chi connectivity index (χ2n) is 3.86. The molecule has 0 bridgehead atoms. The Labute approximate surface area is 129 Å². The van der Waals surface area contributed by atoms with Gasteiger partial charge >= 0.3 is 0 Å². The molecule has 102 valence electrons. The van der Waals surface area contributed by atoms with Gasteiger partial charge in [0.15, 0.2) is 0 Å². The van der Waals surface area contributed by atoms with Crippen molar-refractivity contribution in [3.05, 3.63) is 61.3 Å². The van der Waals surface area contributed by atoms with Gasteiger partial charge in [-0.05, 0) is 46.9 Å². The molecule has 0 N–H and O–H groups in total. The monoisotopic (exact) mass is 382 g/mol. The standard InChI is InChI=1S/C14H11IN2O3/c1-20-14-11(12(15)8-9-16-14)7-6-10-4-2-3-5-13(10)17(18)19/h2-9H,1H3. The fourth-order valence-corrected chi connectivity index (χ4v) is 2.28. The fraction of sp³-hybridized carbons (Fsp3) is 0.0714. The van der Waals surface area contributed by atoms with Crippen molar-refractivity contribution in [2.24, 2.45) is 0 Å². The number of ether oxygens (including phenoxy) is 1. The van der Waals surface area contributed by atoms with Gasteiger partial charge in [0, 0.05) is 15.8 Å². The van der Waals surface area contributed by atoms with Crippen molar-refractivity contribution in [2.45, 2.75) is 0 Å². The van der Waals surface area contributed by atoms with Crippen molar-refractivity contribution < 1.29 is 9.66 Å². The Balaban J connectivity index is 2.43. The zero-order chi connectivity index (χ0) is 14.5. The summed E-state index contributed by atoms with van der Waals surface area (Å²) in [6.45, 7) is 0. The van der Waals surface area contributed by atoms with E-state index in [1.165, 1.54) is 6.07 Å². The van der Waals surface area contributed by atoms with Gasteiger partial charge in [0.2, 0.25) is 5.88 Å². The number of benzene rings is 1. The summed E-state index contributed by atoms with van der Waals surface area (Å²) in [5.41, 5.74) is 1.41. The third-order valence-electron chi connectivity index (χ3n) is 2.66. The van der Waals surface area contributed by atoms with Crippen LogP contribution in [-0.4, -0.2) is 17.0 Å². The molecule has 0 saturated carbocycles. The first-order valence-corrected chi connectivity index (χ1v) is 6.81. The molecular formula is C14H11IN2O3. The number of nitro groups is 1. The number of halogens is 1. The van der Waals surface area contributed by atoms with E-state index in [1.54, 1.807) is 43.7 Å². The number of methoxy groups -OCH3 is 1. The molecular weight excluding hydrogens is 371 g/mol. The average Bonchev–Trinajstić information content (AvgIpc) is 2.46. The summed E-state index contributed by atoms with van der Waals surface area (Å²) in [5, 5.41) is 11.0. The minimum atomic E-state index is -0.398. The highest BCUT2D eigenvalue weighted by Gasteiger charge is 2.10. The smallest absolute Gasteiger partial charge is 0.276 e. The van der Waals surface area contributed by atoms with Gasteiger partial charge in [-0.15, -0.1) is 0 Å². The van der Waals surface area contributed by atoms with E-state index in [0.717, 1.165) is 9.13 Å². The number of hydrogen-bond acceptors (Lipinski definition) is 4. The Morgan fingerprint density at radius 1 is 1.30 bits per heavy atom. The molecule has 2 rings (SSSR count). The molecule has 0 unspecified atom stereocenters. The summed E-state index contributed by atoms with van der Waals surface area (Å²) in [4.78, 5) is 14.7. The van der Waals surface area contributed by atoms with Gasteiger partial charge in [0.25, 0.3) is 5.69 Å². The fourth-order valence-electron chi connectivity index (χ4n) is 1.71. The molecule has 0 spiro atoms. The highest BCUT2D eigenvalue weighted by molar-refractivity contribution is 14.1. The van der Waals surface area contributed by atoms with Gasteiger partial charge in [0.05, 0.1) is 23.2 Å². The van der Waals surface area contributed by atoms with Crippen LogP contribution in [0.25, 0.3) is 12.2 Å². The molecule has 0 aliphatic rings. The van der Waals surface area contributed by atoms with Crippen molar-refractivity contribution in [3.8, 4) is 5.88 Å². The third-order valence-corrected chi connectivity index (χ3v) is 3.60. The summed E-state index contributed by atoms with van der Waals surface area (Å²) in [6, 6.07) is 8.43. The molecule has 6 heteroatoms. The lowest BCUT2D eigenvalue weighted by Crippen LogP contribution is -1.93. The van der Waals surface area contributed by atoms with E-state index in [4.69, 9.17) is 4.74 Å². The van der Waals surface area contributed by atoms with Gasteiger partial charge in [0.1, 0.15) is 0 Å². The van der Waals surface area contributed by atoms with E-state index >= 15 is 0 Å². The molecule has 2 aromatic rings. The summed E-state index contributed by atoms with van der Waals surface area (Å²) in [7, 11) is 1.54. The largest absolute Gasteiger partial charge is 0.481 e. The lowest BCUT2D eigenvalue weighted by atomic mass is 10.1. The predicted molar refractivity (Wildman–Crippen MR) is 85.5 cm³/mol. The van der Waals surface area contributed by atoms with Crippen LogP contribution in [0.15, 0.2) is 36.5 Å². The number of nitrogens with zero attached hydrogens (tertiary/aromatic N) is 2. The van der Waals surface area contributed by atoms with Gasteiger partial charge in [-0.1, -0.05) is 12.1 Å². The van der Waals surface area contributed by atoms with Crippen molar-refractivity contribution in [1.82, 2.24) is 4.98 Å². The van der Waals surface area contributed by atoms with Crippen LogP contribution in [0.4, 0.5) is 5.69 Å². The van der Waals surface area contributed by atoms with Crippen molar-refractivity contribution in [2.75, 3.05) is 7.11 Å². The first-order chi connectivity index (χ1) is 9.63. The van der Waals surface area contributed by atoms with Crippen molar-refractivity contribution >= 4 is 40.4 Å². The first kappa shape index (κ1) is 14.4. The lowest BCUT2D eigenvalue weighted by molar-refractivity contribution is -0.385. The summed E-state index contributed by atoms with van der Waals surface area (Å²) >= 11 is 2.17. The predicted octanol–water partition coefficient (Wildman–Crippen LogP) is 3.77. The molecule has 0 amide bonds. The maximum Gasteiger partial charge on any atom is 0.276 e. The van der Waals surface area contributed by atoms with Crippen molar-refractivity contribution in [3.63, 3.8) is 0 Å². The van der Waals surface area contributed by atoms with Gasteiger partial charge < -0.3 is 4.74 Å². The molecule has 0 fully saturated rings. The number of rotatable bonds is 4. The molecule has 0 saturated heterocycles. The number of nitro benzene ring substituents is 1. The summed E-state index contributed by atoms with van der Waals surface area (Å²) in [5.74, 6) is 0.492. The van der Waals surface area contributed by atoms with E-state index in [1.807, 2.05) is 6.07 Å². The van der Waals surface area contributed by atoms with Crippen LogP contribution in [0.3, 0.4) is 0 Å². The minimum Gasteiger partial charge on any atom is -0.481 e. The normalized spacial score (nSPS) is 10.7. The second kappa shape index (κ2) is 6.47. The molecule has 0 aliphatic heterocycles. The van der Waals surface area contributed by atoms with Crippen LogP contribution >= 0.6 is 22.6 Å². The van der Waals surface area contributed by atoms with Gasteiger partial charge in [-0.25, -0.2) is 4.98 Å². The molecule has 0 aliphatic carbocycles. The highest BCUT2D eigenvalue weighted by atomic mass is 127. The summed E-state index contributed by atoms with van der Waals surface area (Å²) < 4.78 is 6.15. The Kier molecular flexibility index (Phi) is 4.67. The van der Waals surface area contributed by atoms with E-state index in [0.29, 0.717) is 11.4 Å². The molecule has 1 aromatic carbocycles. The number of pyridine rings is 1. The third kappa shape index (κ3) is 3.13. The van der Waals surface area contributed by atoms with E-state index in [-0.39, 0.29) is 5.69 Å². The van der Waals surface area contributed by atoms with Gasteiger partial charge in [-0.2, -0.15) is 0 Å². The number of para-hydroxylation sites is 1. The van der Waals surface area contributed by atoms with E-state index in [9.17, 15) is 10.1 Å². The number of aromatic nitrogens is 1. The maximum atomic E-state index is 11.0. The van der Waals surface area contributed by atoms with E-state index in [2.05, 4.69) is 27.6 Å². The molecule has 5 nitrogen and oxygen atoms in total. The van der Waals surface area contributed by atoms with Crippen LogP contribution in [-0.2, 0) is 0 Å². The second-order valence-corrected chi connectivity index (χ2v) is 5.03.